The number of ether oxygens (including phenoxy) is 1. The third-order valence-electron chi connectivity index (χ3n) is 5.13. The van der Waals surface area contributed by atoms with Gasteiger partial charge in [-0.25, -0.2) is 4.98 Å². The van der Waals surface area contributed by atoms with Gasteiger partial charge in [0, 0.05) is 35.8 Å². The van der Waals surface area contributed by atoms with Gasteiger partial charge in [0.05, 0.1) is 18.2 Å². The number of hydrogen-bond acceptors (Lipinski definition) is 5. The molecule has 0 radical (unpaired) electrons. The Labute approximate surface area is 180 Å². The van der Waals surface area contributed by atoms with Crippen LogP contribution in [0, 0.1) is 0 Å². The molecule has 0 saturated carbocycles. The quantitative estimate of drug-likeness (QED) is 0.604. The Hall–Kier alpha value is -2.83. The van der Waals surface area contributed by atoms with Gasteiger partial charge in [-0.05, 0) is 43.2 Å². The molecule has 1 atom stereocenters. The van der Waals surface area contributed by atoms with Crippen molar-refractivity contribution < 1.29 is 19.1 Å². The number of para-hydroxylation sites is 1. The maximum absolute atomic E-state index is 13.1. The zero-order chi connectivity index (χ0) is 20.9. The summed E-state index contributed by atoms with van der Waals surface area (Å²) in [6.45, 7) is 1.51. The van der Waals surface area contributed by atoms with Gasteiger partial charge in [-0.15, -0.1) is 0 Å². The lowest BCUT2D eigenvalue weighted by Crippen LogP contribution is -2.37. The molecule has 1 fully saturated rings. The second kappa shape index (κ2) is 9.32. The summed E-state index contributed by atoms with van der Waals surface area (Å²) < 4.78 is 11.3. The third-order valence-corrected chi connectivity index (χ3v) is 5.38. The third kappa shape index (κ3) is 5.01. The van der Waals surface area contributed by atoms with Crippen LogP contribution < -0.4 is 0 Å². The molecule has 1 unspecified atom stereocenters. The Bertz CT molecular complexity index is 996. The highest BCUT2D eigenvalue weighted by atomic mass is 35.5. The summed E-state index contributed by atoms with van der Waals surface area (Å²) in [5.41, 5.74) is 2.05. The van der Waals surface area contributed by atoms with E-state index in [1.165, 1.54) is 6.26 Å². The van der Waals surface area contributed by atoms with Crippen LogP contribution in [0.3, 0.4) is 0 Å². The topological polar surface area (TPSA) is 75.8 Å². The number of carbonyl (C=O) groups is 1. The molecule has 0 spiro atoms. The molecule has 1 N–H and O–H groups in total. The average Bonchev–Trinajstić information content (AvgIpc) is 3.42. The van der Waals surface area contributed by atoms with Gasteiger partial charge in [0.1, 0.15) is 12.0 Å². The highest BCUT2D eigenvalue weighted by Crippen LogP contribution is 2.23. The molecule has 2 aromatic carbocycles. The summed E-state index contributed by atoms with van der Waals surface area (Å²) in [7, 11) is 0. The normalized spacial score (nSPS) is 16.0. The van der Waals surface area contributed by atoms with E-state index in [1.54, 1.807) is 29.2 Å². The second-order valence-corrected chi connectivity index (χ2v) is 7.80. The van der Waals surface area contributed by atoms with Crippen LogP contribution >= 0.6 is 11.6 Å². The number of halogens is 1. The average molecular weight is 427 g/mol. The first-order valence-electron chi connectivity index (χ1n) is 9.95. The number of hydrogen-bond donors (Lipinski definition) is 1. The molecule has 3 aromatic rings. The summed E-state index contributed by atoms with van der Waals surface area (Å²) in [6, 6.07) is 14.2. The molecule has 4 rings (SSSR count). The van der Waals surface area contributed by atoms with Gasteiger partial charge >= 0.3 is 0 Å². The van der Waals surface area contributed by atoms with Crippen LogP contribution in [0.4, 0.5) is 0 Å². The molecule has 1 aliphatic heterocycles. The van der Waals surface area contributed by atoms with E-state index in [0.717, 1.165) is 25.0 Å². The number of nitrogens with zero attached hydrogens (tertiary/aromatic N) is 2. The van der Waals surface area contributed by atoms with Crippen LogP contribution in [0.1, 0.15) is 24.1 Å². The number of aromatic nitrogens is 1. The molecule has 6 nitrogen and oxygen atoms in total. The molecular formula is C23H23ClN2O4. The van der Waals surface area contributed by atoms with Crippen molar-refractivity contribution >= 4 is 17.5 Å². The first-order valence-corrected chi connectivity index (χ1v) is 10.3. The predicted octanol–water partition coefficient (Wildman–Crippen LogP) is 4.45. The van der Waals surface area contributed by atoms with E-state index in [-0.39, 0.29) is 24.2 Å². The van der Waals surface area contributed by atoms with Crippen molar-refractivity contribution in [2.75, 3.05) is 13.2 Å². The van der Waals surface area contributed by atoms with Crippen LogP contribution in [-0.2, 0) is 22.5 Å². The lowest BCUT2D eigenvalue weighted by atomic mass is 10.1. The van der Waals surface area contributed by atoms with Crippen molar-refractivity contribution in [1.29, 1.82) is 0 Å². The summed E-state index contributed by atoms with van der Waals surface area (Å²) in [5.74, 6) is 0.527. The highest BCUT2D eigenvalue weighted by molar-refractivity contribution is 6.30. The Morgan fingerprint density at radius 1 is 1.20 bits per heavy atom. The second-order valence-electron chi connectivity index (χ2n) is 7.37. The fourth-order valence-electron chi connectivity index (χ4n) is 3.52. The van der Waals surface area contributed by atoms with Gasteiger partial charge in [-0.3, -0.25) is 4.79 Å². The van der Waals surface area contributed by atoms with Gasteiger partial charge < -0.3 is 19.2 Å². The number of rotatable bonds is 7. The van der Waals surface area contributed by atoms with E-state index >= 15 is 0 Å². The van der Waals surface area contributed by atoms with Crippen molar-refractivity contribution in [1.82, 2.24) is 9.88 Å². The van der Waals surface area contributed by atoms with Crippen LogP contribution in [0.15, 0.2) is 59.2 Å². The molecule has 0 aliphatic carbocycles. The van der Waals surface area contributed by atoms with Crippen molar-refractivity contribution in [3.05, 3.63) is 71.1 Å². The Kier molecular flexibility index (Phi) is 6.35. The number of phenolic OH excluding ortho intramolecular Hbond substituents is 1. The van der Waals surface area contributed by atoms with Crippen molar-refractivity contribution in [3.8, 4) is 17.2 Å². The standard InChI is InChI=1S/C23H23ClN2O4/c24-18-9-7-16(8-10-18)23-25-19(15-30-23)12-22(28)26(14-20-5-3-11-29-20)13-17-4-1-2-6-21(17)27/h1-2,4,6-10,15,20,27H,3,5,11-14H2. The zero-order valence-corrected chi connectivity index (χ0v) is 17.2. The van der Waals surface area contributed by atoms with E-state index < -0.39 is 0 Å². The number of aromatic hydroxyl groups is 1. The van der Waals surface area contributed by atoms with Crippen LogP contribution in [0.2, 0.25) is 5.02 Å². The van der Waals surface area contributed by atoms with Gasteiger partial charge in [-0.1, -0.05) is 29.8 Å². The number of oxazole rings is 1. The van der Waals surface area contributed by atoms with E-state index in [1.807, 2.05) is 24.3 Å². The summed E-state index contributed by atoms with van der Waals surface area (Å²) in [4.78, 5) is 19.3. The largest absolute Gasteiger partial charge is 0.508 e. The first kappa shape index (κ1) is 20.4. The molecular weight excluding hydrogens is 404 g/mol. The fraction of sp³-hybridized carbons (Fsp3) is 0.304. The van der Waals surface area contributed by atoms with Gasteiger partial charge in [-0.2, -0.15) is 0 Å². The Morgan fingerprint density at radius 3 is 2.73 bits per heavy atom. The minimum absolute atomic E-state index is 0.0155. The molecule has 2 heterocycles. The predicted molar refractivity (Wildman–Crippen MR) is 113 cm³/mol. The molecule has 30 heavy (non-hydrogen) atoms. The molecule has 0 bridgehead atoms. The lowest BCUT2D eigenvalue weighted by Gasteiger charge is -2.25. The number of phenols is 1. The van der Waals surface area contributed by atoms with Crippen LogP contribution in [0.5, 0.6) is 5.75 Å². The van der Waals surface area contributed by atoms with Gasteiger partial charge in [0.25, 0.3) is 0 Å². The highest BCUT2D eigenvalue weighted by Gasteiger charge is 2.24. The summed E-state index contributed by atoms with van der Waals surface area (Å²) in [6.07, 6.45) is 3.55. The molecule has 156 valence electrons. The SMILES string of the molecule is O=C(Cc1coc(-c2ccc(Cl)cc2)n1)N(Cc1ccccc1O)CC1CCCO1. The first-order chi connectivity index (χ1) is 14.6. The maximum atomic E-state index is 13.1. The van der Waals surface area contributed by atoms with E-state index in [4.69, 9.17) is 20.8 Å². The van der Waals surface area contributed by atoms with Crippen LogP contribution in [0.25, 0.3) is 11.5 Å². The van der Waals surface area contributed by atoms with Crippen LogP contribution in [-0.4, -0.2) is 40.2 Å². The molecule has 1 aliphatic rings. The Balaban J connectivity index is 1.48. The van der Waals surface area contributed by atoms with Crippen molar-refractivity contribution in [2.24, 2.45) is 0 Å². The summed E-state index contributed by atoms with van der Waals surface area (Å²) in [5, 5.41) is 10.8. The molecule has 1 aromatic heterocycles. The van der Waals surface area contributed by atoms with E-state index in [0.29, 0.717) is 35.3 Å². The minimum Gasteiger partial charge on any atom is -0.508 e. The minimum atomic E-state index is -0.0929. The lowest BCUT2D eigenvalue weighted by molar-refractivity contribution is -0.132. The van der Waals surface area contributed by atoms with E-state index in [9.17, 15) is 9.90 Å². The molecule has 1 saturated heterocycles. The monoisotopic (exact) mass is 426 g/mol. The van der Waals surface area contributed by atoms with Crippen molar-refractivity contribution in [3.63, 3.8) is 0 Å². The fourth-order valence-corrected chi connectivity index (χ4v) is 3.64. The maximum Gasteiger partial charge on any atom is 0.229 e. The van der Waals surface area contributed by atoms with E-state index in [2.05, 4.69) is 4.98 Å². The number of benzene rings is 2. The summed E-state index contributed by atoms with van der Waals surface area (Å²) >= 11 is 5.93. The van der Waals surface area contributed by atoms with Gasteiger partial charge in [0.2, 0.25) is 11.8 Å². The zero-order valence-electron chi connectivity index (χ0n) is 16.5. The molecule has 1 amide bonds. The van der Waals surface area contributed by atoms with Crippen molar-refractivity contribution in [2.45, 2.75) is 31.9 Å². The number of carbonyl (C=O) groups excluding carboxylic acids is 1. The smallest absolute Gasteiger partial charge is 0.229 e. The number of amides is 1. The Morgan fingerprint density at radius 2 is 2.00 bits per heavy atom. The van der Waals surface area contributed by atoms with Gasteiger partial charge in [0.15, 0.2) is 0 Å². The molecule has 7 heteroatoms.